The van der Waals surface area contributed by atoms with Crippen molar-refractivity contribution in [3.8, 4) is 23.3 Å². The summed E-state index contributed by atoms with van der Waals surface area (Å²) in [5.74, 6) is -2.98. The molecule has 0 unspecified atom stereocenters. The Morgan fingerprint density at radius 1 is 1.00 bits per heavy atom. The number of aromatic amines is 1. The van der Waals surface area contributed by atoms with Crippen molar-refractivity contribution >= 4 is 22.4 Å². The lowest BCUT2D eigenvalue weighted by atomic mass is 10.1. The van der Waals surface area contributed by atoms with Crippen molar-refractivity contribution in [2.24, 2.45) is 10.2 Å². The average molecular weight is 457 g/mol. The van der Waals surface area contributed by atoms with Crippen molar-refractivity contribution in [2.75, 3.05) is 0 Å². The van der Waals surface area contributed by atoms with Gasteiger partial charge in [-0.3, -0.25) is 19.8 Å². The summed E-state index contributed by atoms with van der Waals surface area (Å²) in [6, 6.07) is 11.1. The molecule has 0 fully saturated rings. The molecule has 33 heavy (non-hydrogen) atoms. The highest BCUT2D eigenvalue weighted by atomic mass is 19.4. The van der Waals surface area contributed by atoms with Crippen molar-refractivity contribution in [3.63, 3.8) is 0 Å². The van der Waals surface area contributed by atoms with E-state index in [-0.39, 0.29) is 22.1 Å². The molecule has 0 aliphatic heterocycles. The molecule has 0 saturated carbocycles. The third-order valence-electron chi connectivity index (χ3n) is 4.77. The molecular formula is C21H14F3N5O4. The minimum absolute atomic E-state index is 0.102. The van der Waals surface area contributed by atoms with Crippen LogP contribution in [0.5, 0.6) is 17.6 Å². The number of fused-ring (bicyclic) bond motifs is 1. The fraction of sp³-hybridized carbons (Fsp3) is 0.0476. The van der Waals surface area contributed by atoms with Gasteiger partial charge in [-0.25, -0.2) is 0 Å². The molecule has 0 aliphatic rings. The Morgan fingerprint density at radius 3 is 2.36 bits per heavy atom. The molecule has 2 aromatic heterocycles. The van der Waals surface area contributed by atoms with E-state index < -0.39 is 46.3 Å². The van der Waals surface area contributed by atoms with Crippen LogP contribution in [0.15, 0.2) is 64.8 Å². The maximum atomic E-state index is 13.3. The number of aromatic hydroxyl groups is 3. The molecule has 2 heterocycles. The molecule has 4 aromatic rings. The fourth-order valence-electron chi connectivity index (χ4n) is 3.26. The second-order valence-electron chi connectivity index (χ2n) is 6.87. The van der Waals surface area contributed by atoms with E-state index in [1.807, 2.05) is 0 Å². The van der Waals surface area contributed by atoms with Crippen LogP contribution in [0.25, 0.3) is 16.5 Å². The van der Waals surface area contributed by atoms with Crippen LogP contribution in [0.1, 0.15) is 15.9 Å². The van der Waals surface area contributed by atoms with E-state index >= 15 is 0 Å². The summed E-state index contributed by atoms with van der Waals surface area (Å²) >= 11 is 0. The Balaban J connectivity index is 1.94. The number of H-pyrrole nitrogens is 1. The zero-order valence-electron chi connectivity index (χ0n) is 16.4. The normalized spacial score (nSPS) is 12.0. The highest BCUT2D eigenvalue weighted by Crippen LogP contribution is 2.35. The fourth-order valence-corrected chi connectivity index (χ4v) is 3.26. The van der Waals surface area contributed by atoms with Gasteiger partial charge in [-0.15, -0.1) is 10.2 Å². The first kappa shape index (κ1) is 21.6. The number of amides is 1. The summed E-state index contributed by atoms with van der Waals surface area (Å²) in [6.07, 6.45) is -4.78. The molecule has 9 nitrogen and oxygen atoms in total. The Hall–Kier alpha value is -4.61. The second kappa shape index (κ2) is 7.82. The number of carbonyl (C=O) groups excluding carboxylic acids is 1. The molecule has 0 aliphatic carbocycles. The lowest BCUT2D eigenvalue weighted by Gasteiger charge is -2.15. The molecule has 0 atom stereocenters. The number of carbonyl (C=O) groups is 1. The Morgan fingerprint density at radius 2 is 1.70 bits per heavy atom. The van der Waals surface area contributed by atoms with Gasteiger partial charge in [-0.05, 0) is 30.3 Å². The van der Waals surface area contributed by atoms with Gasteiger partial charge in [0.05, 0.1) is 33.3 Å². The van der Waals surface area contributed by atoms with Gasteiger partial charge in [0.15, 0.2) is 11.8 Å². The largest absolute Gasteiger partial charge is 0.494 e. The summed E-state index contributed by atoms with van der Waals surface area (Å²) in [5.41, 5.74) is -2.39. The van der Waals surface area contributed by atoms with Crippen molar-refractivity contribution in [1.82, 2.24) is 9.55 Å². The Bertz CT molecular complexity index is 1470. The summed E-state index contributed by atoms with van der Waals surface area (Å²) < 4.78 is 40.7. The van der Waals surface area contributed by atoms with Crippen LogP contribution in [0.3, 0.4) is 0 Å². The average Bonchev–Trinajstić information content (AvgIpc) is 3.05. The van der Waals surface area contributed by atoms with Crippen LogP contribution in [0.2, 0.25) is 0 Å². The van der Waals surface area contributed by atoms with E-state index in [1.165, 1.54) is 12.1 Å². The molecule has 168 valence electrons. The van der Waals surface area contributed by atoms with Crippen LogP contribution in [0.4, 0.5) is 18.9 Å². The minimum atomic E-state index is -4.78. The molecular weight excluding hydrogens is 443 g/mol. The van der Waals surface area contributed by atoms with Crippen LogP contribution in [-0.2, 0) is 6.18 Å². The molecule has 1 amide bonds. The number of azo groups is 1. The first-order valence-electron chi connectivity index (χ1n) is 9.24. The van der Waals surface area contributed by atoms with E-state index in [1.54, 1.807) is 18.2 Å². The van der Waals surface area contributed by atoms with Crippen LogP contribution in [-0.4, -0.2) is 30.8 Å². The number of hydrogen-bond acceptors (Lipinski definition) is 6. The molecule has 0 radical (unpaired) electrons. The van der Waals surface area contributed by atoms with Crippen LogP contribution in [0, 0.1) is 5.41 Å². The number of alkyl halides is 3. The van der Waals surface area contributed by atoms with Crippen molar-refractivity contribution < 1.29 is 33.3 Å². The monoisotopic (exact) mass is 457 g/mol. The maximum absolute atomic E-state index is 13.3. The molecule has 0 saturated heterocycles. The lowest BCUT2D eigenvalue weighted by molar-refractivity contribution is -0.137. The smallest absolute Gasteiger partial charge is 0.416 e. The third kappa shape index (κ3) is 3.89. The number of halogens is 3. The molecule has 0 spiro atoms. The van der Waals surface area contributed by atoms with Crippen LogP contribution >= 0.6 is 0 Å². The number of pyridine rings is 1. The van der Waals surface area contributed by atoms with Gasteiger partial charge >= 0.3 is 6.18 Å². The minimum Gasteiger partial charge on any atom is -0.494 e. The van der Waals surface area contributed by atoms with Gasteiger partial charge in [0.1, 0.15) is 5.49 Å². The van der Waals surface area contributed by atoms with Gasteiger partial charge in [0.25, 0.3) is 5.91 Å². The molecule has 0 bridgehead atoms. The Kier molecular flexibility index (Phi) is 5.12. The number of nitrogens with one attached hydrogen (secondary N) is 2. The highest BCUT2D eigenvalue weighted by molar-refractivity contribution is 5.99. The standard InChI is InChI=1S/C21H14F3N5O4/c22-21(23,24)10-6-7-14(12(8-10)19(32)28-27-11-4-2-1-3-5-11)29-15(30)9-13-16(17(29)25)20(33)26-18(13)31/h1-9,25-26,30-31,33H. The van der Waals surface area contributed by atoms with Gasteiger partial charge in [0.2, 0.25) is 5.88 Å². The van der Waals surface area contributed by atoms with Crippen molar-refractivity contribution in [2.45, 2.75) is 6.18 Å². The molecule has 5 N–H and O–H groups in total. The quantitative estimate of drug-likeness (QED) is 0.288. The number of aromatic nitrogens is 2. The highest BCUT2D eigenvalue weighted by Gasteiger charge is 2.32. The molecule has 12 heteroatoms. The summed E-state index contributed by atoms with van der Waals surface area (Å²) in [7, 11) is 0. The second-order valence-corrected chi connectivity index (χ2v) is 6.87. The SMILES string of the molecule is N=c1c2c(O)[nH]c(O)c2cc(O)n1-c1ccc(C(F)(F)F)cc1C(=O)N=Nc1ccccc1. The zero-order chi connectivity index (χ0) is 23.9. The van der Waals surface area contributed by atoms with Gasteiger partial charge in [-0.1, -0.05) is 18.2 Å². The summed E-state index contributed by atoms with van der Waals surface area (Å²) in [6.45, 7) is 0. The number of hydrogen-bond donors (Lipinski definition) is 5. The summed E-state index contributed by atoms with van der Waals surface area (Å²) in [4.78, 5) is 15.0. The predicted octanol–water partition coefficient (Wildman–Crippen LogP) is 4.50. The van der Waals surface area contributed by atoms with E-state index in [0.717, 1.165) is 16.7 Å². The number of benzene rings is 2. The first-order valence-corrected chi connectivity index (χ1v) is 9.24. The van der Waals surface area contributed by atoms with Crippen molar-refractivity contribution in [1.29, 1.82) is 5.41 Å². The van der Waals surface area contributed by atoms with Crippen molar-refractivity contribution in [3.05, 3.63) is 71.2 Å². The number of rotatable bonds is 3. The topological polar surface area (TPSA) is 147 Å². The van der Waals surface area contributed by atoms with E-state index in [4.69, 9.17) is 5.41 Å². The van der Waals surface area contributed by atoms with Gasteiger partial charge < -0.3 is 15.3 Å². The summed E-state index contributed by atoms with van der Waals surface area (Å²) in [5, 5.41) is 45.5. The molecule has 2 aromatic carbocycles. The van der Waals surface area contributed by atoms with E-state index in [9.17, 15) is 33.3 Å². The van der Waals surface area contributed by atoms with Gasteiger partial charge in [0, 0.05) is 6.07 Å². The van der Waals surface area contributed by atoms with Gasteiger partial charge in [-0.2, -0.15) is 13.2 Å². The first-order chi connectivity index (χ1) is 15.6. The zero-order valence-corrected chi connectivity index (χ0v) is 16.4. The van der Waals surface area contributed by atoms with Crippen LogP contribution < -0.4 is 5.49 Å². The molecule has 4 rings (SSSR count). The Labute approximate surface area is 182 Å². The third-order valence-corrected chi connectivity index (χ3v) is 4.77. The maximum Gasteiger partial charge on any atom is 0.416 e. The number of nitrogens with zero attached hydrogens (tertiary/aromatic N) is 3. The van der Waals surface area contributed by atoms with E-state index in [0.29, 0.717) is 12.1 Å². The predicted molar refractivity (Wildman–Crippen MR) is 109 cm³/mol. The van der Waals surface area contributed by atoms with E-state index in [2.05, 4.69) is 15.2 Å². The lowest BCUT2D eigenvalue weighted by Crippen LogP contribution is -2.21.